The fourth-order valence-corrected chi connectivity index (χ4v) is 1.27. The Balaban J connectivity index is 3.45. The lowest BCUT2D eigenvalue weighted by Crippen LogP contribution is -2.23. The normalized spacial score (nSPS) is 9.43. The Morgan fingerprint density at radius 3 is 2.43 bits per heavy atom. The molecule has 0 rings (SSSR count). The van der Waals surface area contributed by atoms with Gasteiger partial charge in [0.15, 0.2) is 11.1 Å². The second-order valence-electron chi connectivity index (χ2n) is 2.42. The molecular formula is C7H13N3O3S. The van der Waals surface area contributed by atoms with Crippen LogP contribution in [0.4, 0.5) is 0 Å². The summed E-state index contributed by atoms with van der Waals surface area (Å²) in [7, 11) is 0. The molecule has 0 saturated heterocycles. The number of aliphatic imine (C=N–C) groups is 1. The standard InChI is InChI=1S/C7H13N3O3S/c8-7(9)10-3-4-14-6(13)2-1-5(11)12/h1-4H2,(H,11,12)(H4,8,9,10). The van der Waals surface area contributed by atoms with Gasteiger partial charge in [0.2, 0.25) is 0 Å². The molecule has 0 amide bonds. The number of carbonyl (C=O) groups is 2. The van der Waals surface area contributed by atoms with Gasteiger partial charge in [0, 0.05) is 12.2 Å². The number of hydrogen-bond acceptors (Lipinski definition) is 4. The van der Waals surface area contributed by atoms with E-state index in [-0.39, 0.29) is 23.9 Å². The summed E-state index contributed by atoms with van der Waals surface area (Å²) in [6, 6.07) is 0. The van der Waals surface area contributed by atoms with E-state index in [9.17, 15) is 9.59 Å². The molecule has 0 heterocycles. The Kier molecular flexibility index (Phi) is 6.55. The number of guanidine groups is 1. The summed E-state index contributed by atoms with van der Waals surface area (Å²) in [5, 5.41) is 8.14. The van der Waals surface area contributed by atoms with E-state index in [0.29, 0.717) is 12.3 Å². The number of carbonyl (C=O) groups excluding carboxylic acids is 1. The minimum atomic E-state index is -0.969. The van der Waals surface area contributed by atoms with Crippen molar-refractivity contribution in [3.05, 3.63) is 0 Å². The number of carboxylic acids is 1. The van der Waals surface area contributed by atoms with Gasteiger partial charge in [0.1, 0.15) is 0 Å². The second kappa shape index (κ2) is 7.19. The number of rotatable bonds is 6. The molecule has 0 saturated carbocycles. The molecule has 0 aliphatic heterocycles. The van der Waals surface area contributed by atoms with Crippen molar-refractivity contribution in [2.24, 2.45) is 16.5 Å². The van der Waals surface area contributed by atoms with Gasteiger partial charge in [-0.2, -0.15) is 0 Å². The molecule has 7 heteroatoms. The first-order valence-corrected chi connectivity index (χ1v) is 4.93. The van der Waals surface area contributed by atoms with Crippen molar-refractivity contribution in [3.63, 3.8) is 0 Å². The van der Waals surface area contributed by atoms with Gasteiger partial charge in [-0.3, -0.25) is 14.6 Å². The molecule has 14 heavy (non-hydrogen) atoms. The molecule has 0 aliphatic carbocycles. The van der Waals surface area contributed by atoms with Crippen LogP contribution in [-0.4, -0.2) is 34.4 Å². The third-order valence-corrected chi connectivity index (χ3v) is 2.10. The van der Waals surface area contributed by atoms with Crippen LogP contribution < -0.4 is 11.5 Å². The van der Waals surface area contributed by atoms with E-state index in [4.69, 9.17) is 16.6 Å². The van der Waals surface area contributed by atoms with Crippen LogP contribution >= 0.6 is 11.8 Å². The highest BCUT2D eigenvalue weighted by Crippen LogP contribution is 2.06. The number of hydrogen-bond donors (Lipinski definition) is 3. The Morgan fingerprint density at radius 2 is 1.93 bits per heavy atom. The van der Waals surface area contributed by atoms with E-state index >= 15 is 0 Å². The Bertz CT molecular complexity index is 238. The molecule has 0 aromatic rings. The summed E-state index contributed by atoms with van der Waals surface area (Å²) in [6.45, 7) is 0.367. The highest BCUT2D eigenvalue weighted by molar-refractivity contribution is 8.13. The van der Waals surface area contributed by atoms with Crippen LogP contribution in [0.5, 0.6) is 0 Å². The van der Waals surface area contributed by atoms with Crippen LogP contribution in [0.25, 0.3) is 0 Å². The van der Waals surface area contributed by atoms with E-state index in [1.54, 1.807) is 0 Å². The molecular weight excluding hydrogens is 206 g/mol. The predicted octanol–water partition coefficient (Wildman–Crippen LogP) is -0.616. The Morgan fingerprint density at radius 1 is 1.29 bits per heavy atom. The molecule has 0 bridgehead atoms. The van der Waals surface area contributed by atoms with Crippen molar-refractivity contribution in [1.82, 2.24) is 0 Å². The molecule has 0 spiro atoms. The average molecular weight is 219 g/mol. The highest BCUT2D eigenvalue weighted by Gasteiger charge is 2.05. The third-order valence-electron chi connectivity index (χ3n) is 1.19. The van der Waals surface area contributed by atoms with Gasteiger partial charge in [-0.05, 0) is 0 Å². The van der Waals surface area contributed by atoms with Gasteiger partial charge in [-0.25, -0.2) is 0 Å². The molecule has 0 fully saturated rings. The third kappa shape index (κ3) is 8.85. The number of thioether (sulfide) groups is 1. The van der Waals surface area contributed by atoms with Crippen molar-refractivity contribution < 1.29 is 14.7 Å². The smallest absolute Gasteiger partial charge is 0.303 e. The fraction of sp³-hybridized carbons (Fsp3) is 0.571. The minimum Gasteiger partial charge on any atom is -0.481 e. The largest absolute Gasteiger partial charge is 0.481 e. The first-order valence-electron chi connectivity index (χ1n) is 3.95. The summed E-state index contributed by atoms with van der Waals surface area (Å²) in [5.41, 5.74) is 10.1. The first-order chi connectivity index (χ1) is 6.52. The van der Waals surface area contributed by atoms with Gasteiger partial charge in [-0.1, -0.05) is 11.8 Å². The lowest BCUT2D eigenvalue weighted by atomic mass is 10.3. The summed E-state index contributed by atoms with van der Waals surface area (Å²) >= 11 is 1.04. The van der Waals surface area contributed by atoms with Gasteiger partial charge >= 0.3 is 5.97 Å². The monoisotopic (exact) mass is 219 g/mol. The molecule has 0 radical (unpaired) electrons. The molecule has 80 valence electrons. The van der Waals surface area contributed by atoms with Crippen LogP contribution in [0.1, 0.15) is 12.8 Å². The van der Waals surface area contributed by atoms with Gasteiger partial charge in [0.25, 0.3) is 0 Å². The van der Waals surface area contributed by atoms with Crippen molar-refractivity contribution in [2.75, 3.05) is 12.3 Å². The van der Waals surface area contributed by atoms with Crippen LogP contribution in [0.2, 0.25) is 0 Å². The Hall–Kier alpha value is -1.24. The van der Waals surface area contributed by atoms with Crippen LogP contribution in [-0.2, 0) is 9.59 Å². The maximum Gasteiger partial charge on any atom is 0.303 e. The molecule has 0 aromatic carbocycles. The summed E-state index contributed by atoms with van der Waals surface area (Å²) < 4.78 is 0. The fourth-order valence-electron chi connectivity index (χ4n) is 0.615. The molecule has 0 atom stereocenters. The predicted molar refractivity (Wildman–Crippen MR) is 55.0 cm³/mol. The quantitative estimate of drug-likeness (QED) is 0.311. The van der Waals surface area contributed by atoms with Gasteiger partial charge in [0.05, 0.1) is 13.0 Å². The van der Waals surface area contributed by atoms with Crippen molar-refractivity contribution in [1.29, 1.82) is 0 Å². The Labute approximate surface area is 85.7 Å². The number of carboxylic acid groups (broad SMARTS) is 1. The van der Waals surface area contributed by atoms with Crippen LogP contribution in [0.15, 0.2) is 4.99 Å². The maximum atomic E-state index is 11.0. The second-order valence-corrected chi connectivity index (χ2v) is 3.57. The van der Waals surface area contributed by atoms with Gasteiger partial charge < -0.3 is 16.6 Å². The van der Waals surface area contributed by atoms with Gasteiger partial charge in [-0.15, -0.1) is 0 Å². The number of aliphatic carboxylic acids is 1. The van der Waals surface area contributed by atoms with E-state index in [1.165, 1.54) is 0 Å². The summed E-state index contributed by atoms with van der Waals surface area (Å²) in [4.78, 5) is 24.8. The van der Waals surface area contributed by atoms with Crippen molar-refractivity contribution >= 4 is 28.8 Å². The van der Waals surface area contributed by atoms with E-state index in [2.05, 4.69) is 4.99 Å². The van der Waals surface area contributed by atoms with E-state index in [0.717, 1.165) is 11.8 Å². The molecule has 0 aliphatic rings. The number of nitrogens with zero attached hydrogens (tertiary/aromatic N) is 1. The van der Waals surface area contributed by atoms with Crippen LogP contribution in [0.3, 0.4) is 0 Å². The van der Waals surface area contributed by atoms with Crippen molar-refractivity contribution in [3.8, 4) is 0 Å². The topological polar surface area (TPSA) is 119 Å². The molecule has 5 N–H and O–H groups in total. The van der Waals surface area contributed by atoms with Crippen LogP contribution in [0, 0.1) is 0 Å². The molecule has 0 unspecified atom stereocenters. The summed E-state index contributed by atoms with van der Waals surface area (Å²) in [6.07, 6.45) is -0.0874. The van der Waals surface area contributed by atoms with E-state index in [1.807, 2.05) is 0 Å². The lowest BCUT2D eigenvalue weighted by molar-refractivity contribution is -0.137. The van der Waals surface area contributed by atoms with Crippen molar-refractivity contribution in [2.45, 2.75) is 12.8 Å². The lowest BCUT2D eigenvalue weighted by Gasteiger charge is -1.96. The highest BCUT2D eigenvalue weighted by atomic mass is 32.2. The molecule has 0 aromatic heterocycles. The van der Waals surface area contributed by atoms with E-state index < -0.39 is 5.97 Å². The zero-order valence-corrected chi connectivity index (χ0v) is 8.42. The maximum absolute atomic E-state index is 11.0. The first kappa shape index (κ1) is 12.8. The summed E-state index contributed by atoms with van der Waals surface area (Å²) in [5.74, 6) is -0.511. The minimum absolute atomic E-state index is 0.0106. The zero-order chi connectivity index (χ0) is 11.0. The average Bonchev–Trinajstić information content (AvgIpc) is 2.08. The molecule has 6 nitrogen and oxygen atoms in total. The number of nitrogens with two attached hydrogens (primary N) is 2. The SMILES string of the molecule is NC(N)=NCCSC(=O)CCC(=O)O. The zero-order valence-electron chi connectivity index (χ0n) is 7.60.